The highest BCUT2D eigenvalue weighted by Crippen LogP contribution is 2.53. The summed E-state index contributed by atoms with van der Waals surface area (Å²) >= 11 is 0. The number of fused-ring (bicyclic) bond motifs is 5. The molecule has 3 aliphatic heterocycles. The molecule has 9 nitrogen and oxygen atoms in total. The lowest BCUT2D eigenvalue weighted by atomic mass is 9.84. The van der Waals surface area contributed by atoms with E-state index in [1.165, 1.54) is 19.1 Å². The van der Waals surface area contributed by atoms with E-state index in [0.29, 0.717) is 22.9 Å². The summed E-state index contributed by atoms with van der Waals surface area (Å²) in [6.45, 7) is 1.29. The molecular weight excluding hydrogens is 498 g/mol. The quantitative estimate of drug-likeness (QED) is 0.308. The number of methoxy groups -OCH3 is 1. The standard InChI is InChI=1S/C30H25N3O6/c1-17(34)39-22-13-9-20(10-14-22)33-29(36)24-25(30(33)37)27(28(35)31-19-7-11-21(38-2)12-8-19)32-16-15-18-5-3-4-6-23(18)26(24)32/h3-16,24-27H,1-2H3,(H,31,35)/t24-,25-,26-,27+/m1/s1. The summed E-state index contributed by atoms with van der Waals surface area (Å²) in [5.74, 6) is -2.37. The second-order valence-corrected chi connectivity index (χ2v) is 9.65. The Morgan fingerprint density at radius 1 is 0.846 bits per heavy atom. The van der Waals surface area contributed by atoms with Crippen molar-refractivity contribution in [2.45, 2.75) is 19.0 Å². The number of anilines is 2. The Labute approximate surface area is 224 Å². The summed E-state index contributed by atoms with van der Waals surface area (Å²) in [6, 6.07) is 19.4. The van der Waals surface area contributed by atoms with Crippen LogP contribution in [-0.2, 0) is 19.2 Å². The molecule has 0 aliphatic carbocycles. The molecule has 6 rings (SSSR count). The van der Waals surface area contributed by atoms with Gasteiger partial charge in [-0.15, -0.1) is 0 Å². The van der Waals surface area contributed by atoms with Crippen LogP contribution in [0.2, 0.25) is 0 Å². The van der Waals surface area contributed by atoms with E-state index >= 15 is 0 Å². The van der Waals surface area contributed by atoms with Crippen molar-refractivity contribution in [3.63, 3.8) is 0 Å². The van der Waals surface area contributed by atoms with Crippen LogP contribution in [-0.4, -0.2) is 41.7 Å². The fraction of sp³-hybridized carbons (Fsp3) is 0.200. The summed E-state index contributed by atoms with van der Waals surface area (Å²) in [4.78, 5) is 55.9. The molecule has 1 N–H and O–H groups in total. The lowest BCUT2D eigenvalue weighted by Crippen LogP contribution is -2.46. The molecule has 4 atom stereocenters. The highest BCUT2D eigenvalue weighted by Gasteiger charge is 2.64. The maximum atomic E-state index is 13.9. The van der Waals surface area contributed by atoms with E-state index in [0.717, 1.165) is 16.0 Å². The van der Waals surface area contributed by atoms with E-state index < -0.39 is 35.8 Å². The van der Waals surface area contributed by atoms with Crippen LogP contribution in [0, 0.1) is 11.8 Å². The van der Waals surface area contributed by atoms with Crippen molar-refractivity contribution in [1.29, 1.82) is 0 Å². The second-order valence-electron chi connectivity index (χ2n) is 9.65. The van der Waals surface area contributed by atoms with E-state index in [1.807, 2.05) is 41.4 Å². The predicted octanol–water partition coefficient (Wildman–Crippen LogP) is 3.77. The number of benzene rings is 3. The van der Waals surface area contributed by atoms with E-state index in [4.69, 9.17) is 9.47 Å². The molecule has 39 heavy (non-hydrogen) atoms. The Kier molecular flexibility index (Phi) is 5.91. The van der Waals surface area contributed by atoms with Crippen LogP contribution < -0.4 is 19.7 Å². The first-order chi connectivity index (χ1) is 18.9. The molecule has 3 heterocycles. The van der Waals surface area contributed by atoms with Crippen LogP contribution in [0.4, 0.5) is 11.4 Å². The minimum Gasteiger partial charge on any atom is -0.497 e. The van der Waals surface area contributed by atoms with Gasteiger partial charge in [-0.3, -0.25) is 19.2 Å². The minimum absolute atomic E-state index is 0.305. The lowest BCUT2D eigenvalue weighted by Gasteiger charge is -2.35. The molecule has 2 saturated heterocycles. The van der Waals surface area contributed by atoms with Crippen molar-refractivity contribution in [3.8, 4) is 11.5 Å². The van der Waals surface area contributed by atoms with Crippen molar-refractivity contribution < 1.29 is 28.7 Å². The van der Waals surface area contributed by atoms with Gasteiger partial charge in [0.05, 0.1) is 30.7 Å². The van der Waals surface area contributed by atoms with Gasteiger partial charge in [0.2, 0.25) is 17.7 Å². The zero-order valence-corrected chi connectivity index (χ0v) is 21.2. The van der Waals surface area contributed by atoms with Crippen molar-refractivity contribution in [3.05, 3.63) is 90.1 Å². The molecule has 0 radical (unpaired) electrons. The van der Waals surface area contributed by atoms with Crippen LogP contribution in [0.1, 0.15) is 24.1 Å². The van der Waals surface area contributed by atoms with Gasteiger partial charge < -0.3 is 19.7 Å². The maximum Gasteiger partial charge on any atom is 0.308 e. The van der Waals surface area contributed by atoms with Gasteiger partial charge in [0.15, 0.2) is 0 Å². The van der Waals surface area contributed by atoms with Gasteiger partial charge in [0.1, 0.15) is 17.5 Å². The smallest absolute Gasteiger partial charge is 0.308 e. The molecule has 0 aromatic heterocycles. The van der Waals surface area contributed by atoms with Crippen molar-refractivity contribution in [2.24, 2.45) is 11.8 Å². The predicted molar refractivity (Wildman–Crippen MR) is 143 cm³/mol. The lowest BCUT2D eigenvalue weighted by molar-refractivity contribution is -0.132. The molecule has 3 aromatic carbocycles. The van der Waals surface area contributed by atoms with Crippen LogP contribution in [0.15, 0.2) is 79.0 Å². The van der Waals surface area contributed by atoms with Crippen molar-refractivity contribution in [2.75, 3.05) is 17.3 Å². The number of amides is 3. The molecule has 0 saturated carbocycles. The Hall–Kier alpha value is -4.92. The van der Waals surface area contributed by atoms with Gasteiger partial charge in [0.25, 0.3) is 0 Å². The number of esters is 1. The third-order valence-corrected chi connectivity index (χ3v) is 7.44. The summed E-state index contributed by atoms with van der Waals surface area (Å²) in [7, 11) is 1.56. The molecule has 9 heteroatoms. The summed E-state index contributed by atoms with van der Waals surface area (Å²) in [5, 5.41) is 2.92. The van der Waals surface area contributed by atoms with Crippen molar-refractivity contribution >= 4 is 41.1 Å². The zero-order chi connectivity index (χ0) is 27.3. The number of ether oxygens (including phenoxy) is 2. The first-order valence-corrected chi connectivity index (χ1v) is 12.5. The first kappa shape index (κ1) is 24.4. The largest absolute Gasteiger partial charge is 0.497 e. The number of hydrogen-bond acceptors (Lipinski definition) is 7. The second kappa shape index (κ2) is 9.43. The van der Waals surface area contributed by atoms with Crippen LogP contribution in [0.3, 0.4) is 0 Å². The molecular formula is C30H25N3O6. The third kappa shape index (κ3) is 4.03. The SMILES string of the molecule is COc1ccc(NC(=O)[C@@H]2[C@@H]3C(=O)N(c4ccc(OC(C)=O)cc4)C(=O)[C@H]3[C@H]3c4ccccc4C=CN23)cc1. The molecule has 2 fully saturated rings. The third-order valence-electron chi connectivity index (χ3n) is 7.44. The van der Waals surface area contributed by atoms with Gasteiger partial charge in [0, 0.05) is 18.8 Å². The van der Waals surface area contributed by atoms with Gasteiger partial charge in [-0.25, -0.2) is 4.90 Å². The fourth-order valence-corrected chi connectivity index (χ4v) is 5.83. The molecule has 0 bridgehead atoms. The Bertz CT molecular complexity index is 1510. The van der Waals surface area contributed by atoms with E-state index in [-0.39, 0.29) is 11.8 Å². The van der Waals surface area contributed by atoms with Crippen LogP contribution in [0.25, 0.3) is 6.08 Å². The average Bonchev–Trinajstić information content (AvgIpc) is 3.42. The Morgan fingerprint density at radius 2 is 1.51 bits per heavy atom. The number of imide groups is 1. The highest BCUT2D eigenvalue weighted by molar-refractivity contribution is 6.24. The molecule has 0 unspecified atom stereocenters. The Balaban J connectivity index is 1.38. The van der Waals surface area contributed by atoms with Gasteiger partial charge in [-0.2, -0.15) is 0 Å². The van der Waals surface area contributed by atoms with Crippen LogP contribution >= 0.6 is 0 Å². The van der Waals surface area contributed by atoms with Gasteiger partial charge in [-0.1, -0.05) is 24.3 Å². The molecule has 196 valence electrons. The molecule has 0 spiro atoms. The first-order valence-electron chi connectivity index (χ1n) is 12.5. The monoisotopic (exact) mass is 523 g/mol. The topological polar surface area (TPSA) is 105 Å². The number of carbonyl (C=O) groups is 4. The highest BCUT2D eigenvalue weighted by atomic mass is 16.5. The average molecular weight is 524 g/mol. The van der Waals surface area contributed by atoms with E-state index in [1.54, 1.807) is 43.5 Å². The summed E-state index contributed by atoms with van der Waals surface area (Å²) < 4.78 is 10.3. The number of hydrogen-bond donors (Lipinski definition) is 1. The van der Waals surface area contributed by atoms with E-state index in [9.17, 15) is 19.2 Å². The molecule has 3 aliphatic rings. The summed E-state index contributed by atoms with van der Waals surface area (Å²) in [5.41, 5.74) is 2.74. The minimum atomic E-state index is -0.909. The number of rotatable bonds is 5. The fourth-order valence-electron chi connectivity index (χ4n) is 5.83. The van der Waals surface area contributed by atoms with Gasteiger partial charge in [-0.05, 0) is 65.7 Å². The van der Waals surface area contributed by atoms with Crippen LogP contribution in [0.5, 0.6) is 11.5 Å². The Morgan fingerprint density at radius 3 is 2.21 bits per heavy atom. The molecule has 3 amide bonds. The normalized spacial score (nSPS) is 22.7. The van der Waals surface area contributed by atoms with Crippen molar-refractivity contribution in [1.82, 2.24) is 4.90 Å². The number of nitrogens with zero attached hydrogens (tertiary/aromatic N) is 2. The summed E-state index contributed by atoms with van der Waals surface area (Å²) in [6.07, 6.45) is 3.71. The number of carbonyl (C=O) groups excluding carboxylic acids is 4. The maximum absolute atomic E-state index is 13.9. The molecule has 3 aromatic rings. The van der Waals surface area contributed by atoms with Gasteiger partial charge >= 0.3 is 5.97 Å². The number of nitrogens with one attached hydrogen (secondary N) is 1. The zero-order valence-electron chi connectivity index (χ0n) is 21.2. The van der Waals surface area contributed by atoms with E-state index in [2.05, 4.69) is 5.32 Å².